The quantitative estimate of drug-likeness (QED) is 0.488. The molecule has 4 heteroatoms. The van der Waals surface area contributed by atoms with Gasteiger partial charge in [-0.05, 0) is 12.8 Å². The van der Waals surface area contributed by atoms with E-state index in [0.29, 0.717) is 30.4 Å². The Morgan fingerprint density at radius 3 is 2.86 bits per heavy atom. The Kier molecular flexibility index (Phi) is 1.91. The number of fused-ring (bicyclic) bond motifs is 1. The molecule has 0 bridgehead atoms. The van der Waals surface area contributed by atoms with Crippen molar-refractivity contribution < 1.29 is 14.3 Å². The minimum atomic E-state index is -0.754. The number of nitrogen functional groups attached to an aromatic ring is 1. The molecular formula is C10H10FNO2. The number of nitrogens with two attached hydrogens (primary N) is 1. The molecule has 3 N–H and O–H groups in total. The third kappa shape index (κ3) is 1.14. The molecule has 0 atom stereocenters. The number of ketones is 1. The molecule has 0 saturated heterocycles. The zero-order valence-electron chi connectivity index (χ0n) is 7.51. The van der Waals surface area contributed by atoms with Crippen molar-refractivity contribution >= 4 is 11.5 Å². The van der Waals surface area contributed by atoms with Crippen molar-refractivity contribution in [1.82, 2.24) is 0 Å². The summed E-state index contributed by atoms with van der Waals surface area (Å²) in [6.07, 6.45) is 1.57. The molecule has 74 valence electrons. The molecule has 0 heterocycles. The molecule has 1 aliphatic rings. The first kappa shape index (κ1) is 8.99. The van der Waals surface area contributed by atoms with Gasteiger partial charge in [0, 0.05) is 29.3 Å². The fourth-order valence-electron chi connectivity index (χ4n) is 1.84. The van der Waals surface area contributed by atoms with Crippen LogP contribution >= 0.6 is 0 Å². The summed E-state index contributed by atoms with van der Waals surface area (Å²) < 4.78 is 13.1. The van der Waals surface area contributed by atoms with Gasteiger partial charge in [-0.15, -0.1) is 0 Å². The molecular weight excluding hydrogens is 185 g/mol. The Bertz CT molecular complexity index is 415. The van der Waals surface area contributed by atoms with E-state index in [0.717, 1.165) is 6.07 Å². The first-order chi connectivity index (χ1) is 6.61. The summed E-state index contributed by atoms with van der Waals surface area (Å²) in [6.45, 7) is 0. The third-order valence-electron chi connectivity index (χ3n) is 2.49. The Labute approximate surface area is 80.3 Å². The van der Waals surface area contributed by atoms with Crippen LogP contribution in [0, 0.1) is 5.82 Å². The van der Waals surface area contributed by atoms with Crippen LogP contribution in [-0.4, -0.2) is 10.9 Å². The fourth-order valence-corrected chi connectivity index (χ4v) is 1.84. The van der Waals surface area contributed by atoms with Crippen molar-refractivity contribution in [3.63, 3.8) is 0 Å². The van der Waals surface area contributed by atoms with Gasteiger partial charge in [-0.25, -0.2) is 4.39 Å². The SMILES string of the molecule is Nc1cc(F)c(O)c2c1C(=O)CCC2. The monoisotopic (exact) mass is 195 g/mol. The van der Waals surface area contributed by atoms with Crippen molar-refractivity contribution in [2.24, 2.45) is 0 Å². The van der Waals surface area contributed by atoms with Crippen LogP contribution < -0.4 is 5.73 Å². The van der Waals surface area contributed by atoms with Gasteiger partial charge in [0.25, 0.3) is 0 Å². The van der Waals surface area contributed by atoms with Crippen LogP contribution in [0.4, 0.5) is 10.1 Å². The summed E-state index contributed by atoms with van der Waals surface area (Å²) in [7, 11) is 0. The summed E-state index contributed by atoms with van der Waals surface area (Å²) in [4.78, 5) is 11.5. The Hall–Kier alpha value is -1.58. The molecule has 1 aromatic rings. The molecule has 0 radical (unpaired) electrons. The highest BCUT2D eigenvalue weighted by Gasteiger charge is 2.24. The lowest BCUT2D eigenvalue weighted by molar-refractivity contribution is 0.0972. The maximum Gasteiger partial charge on any atom is 0.167 e. The number of rotatable bonds is 0. The second-order valence-electron chi connectivity index (χ2n) is 3.43. The molecule has 0 amide bonds. The Morgan fingerprint density at radius 2 is 2.14 bits per heavy atom. The van der Waals surface area contributed by atoms with Crippen LogP contribution in [0.25, 0.3) is 0 Å². The van der Waals surface area contributed by atoms with Crippen LogP contribution in [0.2, 0.25) is 0 Å². The first-order valence-electron chi connectivity index (χ1n) is 4.44. The average Bonchev–Trinajstić information content (AvgIpc) is 2.14. The van der Waals surface area contributed by atoms with Gasteiger partial charge in [0.1, 0.15) is 0 Å². The number of benzene rings is 1. The van der Waals surface area contributed by atoms with Crippen molar-refractivity contribution in [2.75, 3.05) is 5.73 Å². The molecule has 1 aromatic carbocycles. The number of anilines is 1. The highest BCUT2D eigenvalue weighted by atomic mass is 19.1. The number of phenolic OH excluding ortho intramolecular Hbond substituents is 1. The van der Waals surface area contributed by atoms with Crippen molar-refractivity contribution in [2.45, 2.75) is 19.3 Å². The van der Waals surface area contributed by atoms with E-state index in [2.05, 4.69) is 0 Å². The maximum atomic E-state index is 13.1. The van der Waals surface area contributed by atoms with E-state index >= 15 is 0 Å². The molecule has 1 aliphatic carbocycles. The van der Waals surface area contributed by atoms with Gasteiger partial charge in [-0.3, -0.25) is 4.79 Å². The number of Topliss-reactive ketones (excluding diaryl/α,β-unsaturated/α-hetero) is 1. The Balaban J connectivity index is 2.72. The lowest BCUT2D eigenvalue weighted by Crippen LogP contribution is -2.14. The van der Waals surface area contributed by atoms with Crippen LogP contribution in [0.5, 0.6) is 5.75 Å². The van der Waals surface area contributed by atoms with Gasteiger partial charge in [-0.1, -0.05) is 0 Å². The van der Waals surface area contributed by atoms with E-state index in [1.165, 1.54) is 0 Å². The van der Waals surface area contributed by atoms with E-state index in [4.69, 9.17) is 5.73 Å². The van der Waals surface area contributed by atoms with Crippen LogP contribution in [-0.2, 0) is 6.42 Å². The predicted molar refractivity (Wildman–Crippen MR) is 49.7 cm³/mol. The highest BCUT2D eigenvalue weighted by Crippen LogP contribution is 2.34. The second-order valence-corrected chi connectivity index (χ2v) is 3.43. The largest absolute Gasteiger partial charge is 0.505 e. The molecule has 0 spiro atoms. The van der Waals surface area contributed by atoms with Crippen LogP contribution in [0.15, 0.2) is 6.07 Å². The molecule has 2 rings (SSSR count). The Morgan fingerprint density at radius 1 is 1.43 bits per heavy atom. The molecule has 14 heavy (non-hydrogen) atoms. The van der Waals surface area contributed by atoms with Crippen LogP contribution in [0.1, 0.15) is 28.8 Å². The molecule has 0 aliphatic heterocycles. The molecule has 0 aromatic heterocycles. The zero-order valence-corrected chi connectivity index (χ0v) is 7.51. The zero-order chi connectivity index (χ0) is 10.3. The number of halogens is 1. The average molecular weight is 195 g/mol. The van der Waals surface area contributed by atoms with Gasteiger partial charge in [0.2, 0.25) is 0 Å². The number of carbonyl (C=O) groups excluding carboxylic acids is 1. The number of carbonyl (C=O) groups is 1. The van der Waals surface area contributed by atoms with Gasteiger partial charge in [-0.2, -0.15) is 0 Å². The molecule has 3 nitrogen and oxygen atoms in total. The minimum absolute atomic E-state index is 0.112. The second kappa shape index (κ2) is 2.97. The number of aromatic hydroxyl groups is 1. The molecule has 0 unspecified atom stereocenters. The molecule has 0 fully saturated rings. The molecule has 0 saturated carbocycles. The van der Waals surface area contributed by atoms with E-state index in [1.807, 2.05) is 0 Å². The first-order valence-corrected chi connectivity index (χ1v) is 4.44. The van der Waals surface area contributed by atoms with Gasteiger partial charge < -0.3 is 10.8 Å². The van der Waals surface area contributed by atoms with Gasteiger partial charge in [0.15, 0.2) is 17.3 Å². The van der Waals surface area contributed by atoms with Crippen molar-refractivity contribution in [3.05, 3.63) is 23.0 Å². The van der Waals surface area contributed by atoms with Crippen LogP contribution in [0.3, 0.4) is 0 Å². The summed E-state index contributed by atoms with van der Waals surface area (Å²) >= 11 is 0. The number of hydrogen-bond donors (Lipinski definition) is 2. The van der Waals surface area contributed by atoms with Crippen molar-refractivity contribution in [1.29, 1.82) is 0 Å². The number of hydrogen-bond acceptors (Lipinski definition) is 3. The minimum Gasteiger partial charge on any atom is -0.505 e. The maximum absolute atomic E-state index is 13.1. The predicted octanol–water partition coefficient (Wildman–Crippen LogP) is 1.63. The normalized spacial score (nSPS) is 15.4. The van der Waals surface area contributed by atoms with E-state index in [9.17, 15) is 14.3 Å². The summed E-state index contributed by atoms with van der Waals surface area (Å²) in [5.74, 6) is -1.29. The van der Waals surface area contributed by atoms with E-state index in [1.54, 1.807) is 0 Å². The van der Waals surface area contributed by atoms with Gasteiger partial charge >= 0.3 is 0 Å². The standard InChI is InChI=1S/C10H10FNO2/c11-6-4-7(12)9-5(10(6)14)2-1-3-8(9)13/h4,14H,1-3,12H2. The van der Waals surface area contributed by atoms with E-state index in [-0.39, 0.29) is 11.5 Å². The number of phenols is 1. The lowest BCUT2D eigenvalue weighted by atomic mass is 9.88. The van der Waals surface area contributed by atoms with E-state index < -0.39 is 11.6 Å². The summed E-state index contributed by atoms with van der Waals surface area (Å²) in [6, 6.07) is 0.997. The highest BCUT2D eigenvalue weighted by molar-refractivity contribution is 6.03. The van der Waals surface area contributed by atoms with Crippen molar-refractivity contribution in [3.8, 4) is 5.75 Å². The lowest BCUT2D eigenvalue weighted by Gasteiger charge is -2.17. The third-order valence-corrected chi connectivity index (χ3v) is 2.49. The summed E-state index contributed by atoms with van der Waals surface area (Å²) in [5.41, 5.74) is 6.32. The summed E-state index contributed by atoms with van der Waals surface area (Å²) in [5, 5.41) is 9.40. The topological polar surface area (TPSA) is 63.3 Å². The van der Waals surface area contributed by atoms with Gasteiger partial charge in [0.05, 0.1) is 0 Å². The smallest absolute Gasteiger partial charge is 0.167 e. The fraction of sp³-hybridized carbons (Fsp3) is 0.300.